The van der Waals surface area contributed by atoms with E-state index in [2.05, 4.69) is 11.6 Å². The average Bonchev–Trinajstić information content (AvgIpc) is 3.45. The van der Waals surface area contributed by atoms with Crippen molar-refractivity contribution >= 4 is 55.1 Å². The van der Waals surface area contributed by atoms with Crippen LogP contribution in [0.2, 0.25) is 5.02 Å². The van der Waals surface area contributed by atoms with Crippen LogP contribution in [-0.4, -0.2) is 48.9 Å². The second-order valence-electron chi connectivity index (χ2n) is 7.64. The Kier molecular flexibility index (Phi) is 7.04. The number of hydrogen-bond acceptors (Lipinski definition) is 6. The smallest absolute Gasteiger partial charge is 0.337 e. The van der Waals surface area contributed by atoms with E-state index in [0.29, 0.717) is 34.8 Å². The zero-order chi connectivity index (χ0) is 24.5. The lowest BCUT2D eigenvalue weighted by atomic mass is 10.2. The third-order valence-electron chi connectivity index (χ3n) is 5.53. The molecule has 34 heavy (non-hydrogen) atoms. The number of hydrogen-bond donors (Lipinski definition) is 0. The SMILES string of the molecule is C=CCn1c(=NC(=O)C2CCCN2S(=O)(=O)c2ccc(Cl)cc2)sc2cc(C(=O)OC)ccc21. The van der Waals surface area contributed by atoms with Gasteiger partial charge in [-0.05, 0) is 55.3 Å². The summed E-state index contributed by atoms with van der Waals surface area (Å²) in [7, 11) is -2.57. The summed E-state index contributed by atoms with van der Waals surface area (Å²) in [6, 6.07) is 10.1. The Bertz CT molecular complexity index is 1440. The molecule has 1 aliphatic heterocycles. The van der Waals surface area contributed by atoms with Gasteiger partial charge in [0.2, 0.25) is 10.0 Å². The molecule has 1 aromatic heterocycles. The molecule has 1 fully saturated rings. The molecule has 8 nitrogen and oxygen atoms in total. The topological polar surface area (TPSA) is 98.0 Å². The number of amides is 1. The largest absolute Gasteiger partial charge is 0.465 e. The molecule has 1 aliphatic rings. The zero-order valence-corrected chi connectivity index (χ0v) is 20.7. The fourth-order valence-corrected chi connectivity index (χ4v) is 6.76. The predicted octanol–water partition coefficient (Wildman–Crippen LogP) is 3.61. The second kappa shape index (κ2) is 9.83. The number of nitrogens with zero attached hydrogens (tertiary/aromatic N) is 3. The van der Waals surface area contributed by atoms with E-state index in [1.807, 2.05) is 0 Å². The quantitative estimate of drug-likeness (QED) is 0.366. The van der Waals surface area contributed by atoms with E-state index >= 15 is 0 Å². The van der Waals surface area contributed by atoms with Crippen LogP contribution in [0.25, 0.3) is 10.2 Å². The Morgan fingerprint density at radius 2 is 2.00 bits per heavy atom. The third-order valence-corrected chi connectivity index (χ3v) is 8.75. The van der Waals surface area contributed by atoms with Crippen molar-refractivity contribution in [3.63, 3.8) is 0 Å². The van der Waals surface area contributed by atoms with Gasteiger partial charge in [0, 0.05) is 18.1 Å². The number of thiazole rings is 1. The molecule has 3 aromatic rings. The van der Waals surface area contributed by atoms with Gasteiger partial charge in [-0.2, -0.15) is 9.30 Å². The maximum atomic E-state index is 13.2. The fraction of sp³-hybridized carbons (Fsp3) is 0.261. The molecule has 0 N–H and O–H groups in total. The highest BCUT2D eigenvalue weighted by Crippen LogP contribution is 2.28. The van der Waals surface area contributed by atoms with E-state index in [1.165, 1.54) is 47.0 Å². The number of rotatable bonds is 6. The summed E-state index contributed by atoms with van der Waals surface area (Å²) in [4.78, 5) is 29.9. The van der Waals surface area contributed by atoms with Crippen LogP contribution in [0, 0.1) is 0 Å². The van der Waals surface area contributed by atoms with Crippen molar-refractivity contribution < 1.29 is 22.7 Å². The lowest BCUT2D eigenvalue weighted by Gasteiger charge is -2.21. The summed E-state index contributed by atoms with van der Waals surface area (Å²) in [6.45, 7) is 4.39. The summed E-state index contributed by atoms with van der Waals surface area (Å²) in [5.74, 6) is -0.998. The van der Waals surface area contributed by atoms with Crippen LogP contribution in [0.1, 0.15) is 23.2 Å². The van der Waals surface area contributed by atoms with Crippen LogP contribution in [-0.2, 0) is 26.1 Å². The maximum absolute atomic E-state index is 13.2. The van der Waals surface area contributed by atoms with Crippen LogP contribution in [0.15, 0.2) is 65.0 Å². The zero-order valence-electron chi connectivity index (χ0n) is 18.3. The maximum Gasteiger partial charge on any atom is 0.337 e. The lowest BCUT2D eigenvalue weighted by Crippen LogP contribution is -2.40. The number of benzene rings is 2. The van der Waals surface area contributed by atoms with E-state index in [-0.39, 0.29) is 11.4 Å². The summed E-state index contributed by atoms with van der Waals surface area (Å²) >= 11 is 7.13. The first-order chi connectivity index (χ1) is 16.3. The van der Waals surface area contributed by atoms with Gasteiger partial charge in [-0.25, -0.2) is 13.2 Å². The van der Waals surface area contributed by atoms with Crippen LogP contribution in [0.3, 0.4) is 0 Å². The first-order valence-corrected chi connectivity index (χ1v) is 13.1. The second-order valence-corrected chi connectivity index (χ2v) is 11.0. The van der Waals surface area contributed by atoms with Gasteiger partial charge in [0.05, 0.1) is 27.8 Å². The Balaban J connectivity index is 1.73. The van der Waals surface area contributed by atoms with Crippen molar-refractivity contribution in [1.82, 2.24) is 8.87 Å². The Labute approximate surface area is 205 Å². The minimum Gasteiger partial charge on any atom is -0.465 e. The molecule has 0 spiro atoms. The van der Waals surface area contributed by atoms with Gasteiger partial charge in [0.1, 0.15) is 6.04 Å². The van der Waals surface area contributed by atoms with Crippen molar-refractivity contribution in [3.8, 4) is 0 Å². The number of allylic oxidation sites excluding steroid dienone is 1. The highest BCUT2D eigenvalue weighted by atomic mass is 35.5. The van der Waals surface area contributed by atoms with Crippen molar-refractivity contribution in [2.24, 2.45) is 4.99 Å². The molecule has 1 amide bonds. The molecule has 178 valence electrons. The summed E-state index contributed by atoms with van der Waals surface area (Å²) in [5.41, 5.74) is 1.16. The Hall–Kier alpha value is -2.79. The van der Waals surface area contributed by atoms with Gasteiger partial charge in [-0.3, -0.25) is 4.79 Å². The molecule has 2 aromatic carbocycles. The highest BCUT2D eigenvalue weighted by molar-refractivity contribution is 7.89. The number of carbonyl (C=O) groups is 2. The van der Waals surface area contributed by atoms with Gasteiger partial charge >= 0.3 is 5.97 Å². The third kappa shape index (κ3) is 4.58. The van der Waals surface area contributed by atoms with E-state index in [1.54, 1.807) is 28.8 Å². The van der Waals surface area contributed by atoms with Gasteiger partial charge in [-0.15, -0.1) is 6.58 Å². The molecular formula is C23H22ClN3O5S2. The molecular weight excluding hydrogens is 498 g/mol. The predicted molar refractivity (Wildman–Crippen MR) is 130 cm³/mol. The van der Waals surface area contributed by atoms with Crippen LogP contribution in [0.5, 0.6) is 0 Å². The summed E-state index contributed by atoms with van der Waals surface area (Å²) in [6.07, 6.45) is 2.62. The Morgan fingerprint density at radius 1 is 1.26 bits per heavy atom. The highest BCUT2D eigenvalue weighted by Gasteiger charge is 2.39. The molecule has 1 saturated heterocycles. The monoisotopic (exact) mass is 519 g/mol. The molecule has 0 radical (unpaired) electrons. The number of halogens is 1. The van der Waals surface area contributed by atoms with Crippen LogP contribution >= 0.6 is 22.9 Å². The number of methoxy groups -OCH3 is 1. The van der Waals surface area contributed by atoms with Crippen LogP contribution < -0.4 is 4.80 Å². The number of ether oxygens (including phenoxy) is 1. The molecule has 0 saturated carbocycles. The average molecular weight is 520 g/mol. The molecule has 2 heterocycles. The lowest BCUT2D eigenvalue weighted by molar-refractivity contribution is -0.121. The van der Waals surface area contributed by atoms with Crippen molar-refractivity contribution in [3.05, 3.63) is 70.5 Å². The van der Waals surface area contributed by atoms with Gasteiger partial charge in [0.25, 0.3) is 5.91 Å². The summed E-state index contributed by atoms with van der Waals surface area (Å²) < 4.78 is 34.9. The number of aromatic nitrogens is 1. The number of esters is 1. The van der Waals surface area contributed by atoms with E-state index in [0.717, 1.165) is 10.2 Å². The van der Waals surface area contributed by atoms with Crippen LogP contribution in [0.4, 0.5) is 0 Å². The first kappa shape index (κ1) is 24.3. The van der Waals surface area contributed by atoms with Crippen molar-refractivity contribution in [2.45, 2.75) is 30.3 Å². The molecule has 0 aliphatic carbocycles. The molecule has 0 bridgehead atoms. The minimum atomic E-state index is -3.88. The molecule has 1 unspecified atom stereocenters. The van der Waals surface area contributed by atoms with Gasteiger partial charge < -0.3 is 9.30 Å². The normalized spacial score (nSPS) is 17.2. The van der Waals surface area contributed by atoms with E-state index in [4.69, 9.17) is 16.3 Å². The first-order valence-electron chi connectivity index (χ1n) is 10.4. The van der Waals surface area contributed by atoms with Crippen molar-refractivity contribution in [2.75, 3.05) is 13.7 Å². The Morgan fingerprint density at radius 3 is 2.68 bits per heavy atom. The molecule has 11 heteroatoms. The van der Waals surface area contributed by atoms with Gasteiger partial charge in [-0.1, -0.05) is 29.0 Å². The fourth-order valence-electron chi connectivity index (χ4n) is 3.89. The number of carbonyl (C=O) groups excluding carboxylic acids is 2. The minimum absolute atomic E-state index is 0.0792. The molecule has 4 rings (SSSR count). The van der Waals surface area contributed by atoms with Gasteiger partial charge in [0.15, 0.2) is 4.80 Å². The number of fused-ring (bicyclic) bond motifs is 1. The summed E-state index contributed by atoms with van der Waals surface area (Å²) in [5, 5.41) is 0.426. The van der Waals surface area contributed by atoms with Crippen molar-refractivity contribution in [1.29, 1.82) is 0 Å². The number of sulfonamides is 1. The standard InChI is InChI=1S/C23H22ClN3O5S2/c1-3-12-26-18-11-6-15(22(29)32-2)14-20(18)33-23(26)25-21(28)19-5-4-13-27(19)34(30,31)17-9-7-16(24)8-10-17/h3,6-11,14,19H,1,4-5,12-13H2,2H3. The van der Waals surface area contributed by atoms with E-state index < -0.39 is 27.9 Å². The van der Waals surface area contributed by atoms with E-state index in [9.17, 15) is 18.0 Å². The molecule has 1 atom stereocenters.